The standard InChI is InChI=1S/C29H30N2O3/c1-33-21-11-13-25(34-2)24(16-21)31-29(32)20-10-12-23-22(15-20)26-18-8-9-19(14-18)27(26)28(30-23)17-6-4-3-5-7-17/h3-7,10-13,15-16,18-19,26-28,30H,8-9,14H2,1-2H3,(H,31,32)/t18-,19+,26+,27+,28+/m1/s1. The maximum absolute atomic E-state index is 13.3. The van der Waals surface area contributed by atoms with Crippen LogP contribution in [0.3, 0.4) is 0 Å². The van der Waals surface area contributed by atoms with E-state index in [2.05, 4.69) is 53.1 Å². The Kier molecular flexibility index (Phi) is 5.20. The van der Waals surface area contributed by atoms with Gasteiger partial charge < -0.3 is 20.1 Å². The predicted octanol–water partition coefficient (Wildman–Crippen LogP) is 6.25. The summed E-state index contributed by atoms with van der Waals surface area (Å²) in [5.41, 5.74) is 5.10. The summed E-state index contributed by atoms with van der Waals surface area (Å²) in [4.78, 5) is 13.3. The van der Waals surface area contributed by atoms with Crippen LogP contribution in [-0.2, 0) is 0 Å². The van der Waals surface area contributed by atoms with Crippen molar-refractivity contribution in [3.8, 4) is 11.5 Å². The van der Waals surface area contributed by atoms with Crippen LogP contribution in [0.2, 0.25) is 0 Å². The van der Waals surface area contributed by atoms with E-state index in [0.29, 0.717) is 46.5 Å². The molecule has 5 heteroatoms. The zero-order valence-electron chi connectivity index (χ0n) is 19.6. The molecule has 0 radical (unpaired) electrons. The molecular formula is C29H30N2O3. The predicted molar refractivity (Wildman–Crippen MR) is 134 cm³/mol. The zero-order chi connectivity index (χ0) is 23.2. The Morgan fingerprint density at radius 1 is 0.941 bits per heavy atom. The maximum Gasteiger partial charge on any atom is 0.255 e. The van der Waals surface area contributed by atoms with E-state index in [-0.39, 0.29) is 5.91 Å². The molecule has 3 aromatic carbocycles. The Hall–Kier alpha value is -3.47. The van der Waals surface area contributed by atoms with Crippen LogP contribution in [0.5, 0.6) is 11.5 Å². The molecule has 0 unspecified atom stereocenters. The molecule has 1 aliphatic heterocycles. The van der Waals surface area contributed by atoms with Crippen LogP contribution in [0, 0.1) is 17.8 Å². The molecule has 2 saturated carbocycles. The van der Waals surface area contributed by atoms with E-state index in [9.17, 15) is 4.79 Å². The van der Waals surface area contributed by atoms with E-state index in [1.807, 2.05) is 12.1 Å². The number of carbonyl (C=O) groups is 1. The SMILES string of the molecule is COc1ccc(OC)c(NC(=O)c2ccc3c(c2)[C@@H]2[C@@H]4CC[C@@H](C4)[C@@H]2[C@H](c2ccccc2)N3)c1. The third-order valence-electron chi connectivity index (χ3n) is 8.16. The second-order valence-electron chi connectivity index (χ2n) is 9.79. The molecule has 0 spiro atoms. The van der Waals surface area contributed by atoms with Gasteiger partial charge in [-0.05, 0) is 84.4 Å². The van der Waals surface area contributed by atoms with Gasteiger partial charge in [-0.3, -0.25) is 4.79 Å². The van der Waals surface area contributed by atoms with Gasteiger partial charge in [-0.15, -0.1) is 0 Å². The van der Waals surface area contributed by atoms with Crippen LogP contribution in [-0.4, -0.2) is 20.1 Å². The van der Waals surface area contributed by atoms with E-state index in [1.165, 1.54) is 30.4 Å². The summed E-state index contributed by atoms with van der Waals surface area (Å²) >= 11 is 0. The van der Waals surface area contributed by atoms with Gasteiger partial charge in [0.1, 0.15) is 11.5 Å². The summed E-state index contributed by atoms with van der Waals surface area (Å²) in [5, 5.41) is 6.87. The summed E-state index contributed by atoms with van der Waals surface area (Å²) < 4.78 is 10.8. The normalized spacial score (nSPS) is 26.2. The number of carbonyl (C=O) groups excluding carboxylic acids is 1. The van der Waals surface area contributed by atoms with Gasteiger partial charge in [0.15, 0.2) is 0 Å². The Morgan fingerprint density at radius 2 is 1.76 bits per heavy atom. The molecule has 34 heavy (non-hydrogen) atoms. The van der Waals surface area contributed by atoms with Crippen LogP contribution in [0.25, 0.3) is 0 Å². The molecule has 1 heterocycles. The molecule has 2 fully saturated rings. The maximum atomic E-state index is 13.3. The van der Waals surface area contributed by atoms with E-state index in [1.54, 1.807) is 26.4 Å². The van der Waals surface area contributed by atoms with Gasteiger partial charge in [0.2, 0.25) is 0 Å². The number of anilines is 2. The van der Waals surface area contributed by atoms with Crippen LogP contribution < -0.4 is 20.1 Å². The average Bonchev–Trinajstić information content (AvgIpc) is 3.51. The van der Waals surface area contributed by atoms with Gasteiger partial charge in [0.25, 0.3) is 5.91 Å². The van der Waals surface area contributed by atoms with Crippen molar-refractivity contribution in [2.45, 2.75) is 31.2 Å². The van der Waals surface area contributed by atoms with E-state index < -0.39 is 0 Å². The minimum atomic E-state index is -0.140. The highest BCUT2D eigenvalue weighted by atomic mass is 16.5. The molecule has 174 valence electrons. The third-order valence-corrected chi connectivity index (χ3v) is 8.16. The van der Waals surface area contributed by atoms with Crippen molar-refractivity contribution in [3.63, 3.8) is 0 Å². The molecule has 2 N–H and O–H groups in total. The Morgan fingerprint density at radius 3 is 2.56 bits per heavy atom. The number of benzene rings is 3. The van der Waals surface area contributed by atoms with Crippen molar-refractivity contribution < 1.29 is 14.3 Å². The van der Waals surface area contributed by atoms with Gasteiger partial charge in [-0.2, -0.15) is 0 Å². The largest absolute Gasteiger partial charge is 0.497 e. The van der Waals surface area contributed by atoms with Gasteiger partial charge in [0.05, 0.1) is 25.9 Å². The number of hydrogen-bond acceptors (Lipinski definition) is 4. The number of hydrogen-bond donors (Lipinski definition) is 2. The molecule has 6 rings (SSSR count). The van der Waals surface area contributed by atoms with Crippen molar-refractivity contribution in [1.82, 2.24) is 0 Å². The lowest BCUT2D eigenvalue weighted by molar-refractivity contribution is 0.102. The number of amides is 1. The number of nitrogens with one attached hydrogen (secondary N) is 2. The quantitative estimate of drug-likeness (QED) is 0.478. The molecule has 0 aromatic heterocycles. The lowest BCUT2D eigenvalue weighted by atomic mass is 9.68. The molecule has 1 amide bonds. The first-order chi connectivity index (χ1) is 16.7. The third kappa shape index (κ3) is 3.42. The average molecular weight is 455 g/mol. The van der Waals surface area contributed by atoms with Gasteiger partial charge in [-0.1, -0.05) is 30.3 Å². The molecule has 5 atom stereocenters. The van der Waals surface area contributed by atoms with Crippen molar-refractivity contribution >= 4 is 17.3 Å². The zero-order valence-corrected chi connectivity index (χ0v) is 19.6. The summed E-state index contributed by atoms with van der Waals surface area (Å²) in [6.07, 6.45) is 3.92. The van der Waals surface area contributed by atoms with Gasteiger partial charge in [0, 0.05) is 17.3 Å². The van der Waals surface area contributed by atoms with Crippen LogP contribution in [0.4, 0.5) is 11.4 Å². The molecule has 2 aliphatic carbocycles. The summed E-state index contributed by atoms with van der Waals surface area (Å²) in [5.74, 6) is 3.66. The highest BCUT2D eigenvalue weighted by Crippen LogP contribution is 2.63. The molecule has 0 saturated heterocycles. The Labute approximate surface area is 200 Å². The molecule has 3 aromatic rings. The monoisotopic (exact) mass is 454 g/mol. The fourth-order valence-electron chi connectivity index (χ4n) is 6.72. The highest BCUT2D eigenvalue weighted by Gasteiger charge is 2.53. The van der Waals surface area contributed by atoms with Gasteiger partial charge >= 0.3 is 0 Å². The molecule has 5 nitrogen and oxygen atoms in total. The first-order valence-corrected chi connectivity index (χ1v) is 12.1. The summed E-state index contributed by atoms with van der Waals surface area (Å²) in [6.45, 7) is 0. The summed E-state index contributed by atoms with van der Waals surface area (Å²) in [6, 6.07) is 22.7. The Bertz CT molecular complexity index is 1230. The Balaban J connectivity index is 1.33. The van der Waals surface area contributed by atoms with Crippen LogP contribution in [0.15, 0.2) is 66.7 Å². The van der Waals surface area contributed by atoms with Crippen molar-refractivity contribution in [2.24, 2.45) is 17.8 Å². The number of ether oxygens (including phenoxy) is 2. The second-order valence-corrected chi connectivity index (χ2v) is 9.79. The fraction of sp³-hybridized carbons (Fsp3) is 0.345. The van der Waals surface area contributed by atoms with E-state index in [4.69, 9.17) is 9.47 Å². The number of fused-ring (bicyclic) bond motifs is 7. The molecular weight excluding hydrogens is 424 g/mol. The van der Waals surface area contributed by atoms with Crippen molar-refractivity contribution in [1.29, 1.82) is 0 Å². The topological polar surface area (TPSA) is 59.6 Å². The lowest BCUT2D eigenvalue weighted by Gasteiger charge is -2.43. The first kappa shape index (κ1) is 21.1. The van der Waals surface area contributed by atoms with E-state index >= 15 is 0 Å². The minimum Gasteiger partial charge on any atom is -0.497 e. The first-order valence-electron chi connectivity index (χ1n) is 12.1. The van der Waals surface area contributed by atoms with Crippen molar-refractivity contribution in [3.05, 3.63) is 83.4 Å². The van der Waals surface area contributed by atoms with Crippen LogP contribution >= 0.6 is 0 Å². The number of methoxy groups -OCH3 is 2. The fourth-order valence-corrected chi connectivity index (χ4v) is 6.72. The highest BCUT2D eigenvalue weighted by molar-refractivity contribution is 6.05. The smallest absolute Gasteiger partial charge is 0.255 e. The van der Waals surface area contributed by atoms with Gasteiger partial charge in [-0.25, -0.2) is 0 Å². The number of rotatable bonds is 5. The van der Waals surface area contributed by atoms with Crippen molar-refractivity contribution in [2.75, 3.05) is 24.9 Å². The molecule has 2 bridgehead atoms. The second kappa shape index (κ2) is 8.39. The van der Waals surface area contributed by atoms with E-state index in [0.717, 1.165) is 11.6 Å². The van der Waals surface area contributed by atoms with Crippen LogP contribution in [0.1, 0.15) is 52.7 Å². The molecule has 3 aliphatic rings. The summed E-state index contributed by atoms with van der Waals surface area (Å²) in [7, 11) is 3.21. The minimum absolute atomic E-state index is 0.140. The lowest BCUT2D eigenvalue weighted by Crippen LogP contribution is -2.35.